The van der Waals surface area contributed by atoms with E-state index >= 15 is 0 Å². The molecular formula is C41H48N2O3. The fourth-order valence-corrected chi connectivity index (χ4v) is 6.96. The Balaban J connectivity index is 1.22. The fraction of sp³-hybridized carbons (Fsp3) is 0.366. The van der Waals surface area contributed by atoms with Crippen LogP contribution in [0, 0.1) is 0 Å². The molecule has 0 saturated heterocycles. The topological polar surface area (TPSA) is 58.6 Å². The van der Waals surface area contributed by atoms with Gasteiger partial charge in [0.25, 0.3) is 0 Å². The van der Waals surface area contributed by atoms with Crippen molar-refractivity contribution >= 4 is 11.7 Å². The molecule has 1 N–H and O–H groups in total. The molecule has 0 aromatic heterocycles. The van der Waals surface area contributed by atoms with Crippen molar-refractivity contribution in [2.45, 2.75) is 63.7 Å². The molecule has 0 fully saturated rings. The molecule has 1 aliphatic heterocycles. The first-order chi connectivity index (χ1) is 22.5. The number of carbonyl (C=O) groups is 2. The molecule has 0 aliphatic carbocycles. The largest absolute Gasteiger partial charge is 0.497 e. The Labute approximate surface area is 275 Å². The quantitative estimate of drug-likeness (QED) is 0.110. The minimum absolute atomic E-state index is 0.0958. The zero-order valence-electron chi connectivity index (χ0n) is 27.5. The number of carbonyl (C=O) groups excluding carboxylic acids is 2. The maximum absolute atomic E-state index is 12.8. The van der Waals surface area contributed by atoms with Gasteiger partial charge in [-0.05, 0) is 104 Å². The Bertz CT molecular complexity index is 1510. The average Bonchev–Trinajstić information content (AvgIpc) is 3.31. The lowest BCUT2D eigenvalue weighted by Crippen LogP contribution is -2.33. The molecule has 4 aromatic rings. The zero-order chi connectivity index (χ0) is 32.2. The van der Waals surface area contributed by atoms with Crippen molar-refractivity contribution < 1.29 is 14.3 Å². The second kappa shape index (κ2) is 16.4. The normalized spacial score (nSPS) is 13.4. The first kappa shape index (κ1) is 33.2. The van der Waals surface area contributed by atoms with Gasteiger partial charge in [0.15, 0.2) is 5.78 Å². The average molecular weight is 617 g/mol. The third kappa shape index (κ3) is 8.73. The highest BCUT2D eigenvalue weighted by Crippen LogP contribution is 2.41. The Hall–Kier alpha value is -4.22. The van der Waals surface area contributed by atoms with Crippen LogP contribution < -0.4 is 10.1 Å². The van der Waals surface area contributed by atoms with Crippen LogP contribution in [0.3, 0.4) is 0 Å². The number of hydrogen-bond donors (Lipinski definition) is 1. The fourth-order valence-electron chi connectivity index (χ4n) is 6.96. The molecule has 0 saturated carbocycles. The van der Waals surface area contributed by atoms with Crippen molar-refractivity contribution in [3.05, 3.63) is 137 Å². The molecule has 1 aliphatic rings. The van der Waals surface area contributed by atoms with E-state index < -0.39 is 0 Å². The summed E-state index contributed by atoms with van der Waals surface area (Å²) in [5.74, 6) is 1.06. The lowest BCUT2D eigenvalue weighted by atomic mass is 9.68. The van der Waals surface area contributed by atoms with Crippen LogP contribution in [-0.2, 0) is 29.5 Å². The minimum Gasteiger partial charge on any atom is -0.497 e. The van der Waals surface area contributed by atoms with Gasteiger partial charge < -0.3 is 15.0 Å². The van der Waals surface area contributed by atoms with Crippen LogP contribution in [0.4, 0.5) is 0 Å². The Morgan fingerprint density at radius 2 is 1.41 bits per heavy atom. The van der Waals surface area contributed by atoms with E-state index in [1.807, 2.05) is 30.3 Å². The van der Waals surface area contributed by atoms with Gasteiger partial charge in [0.1, 0.15) is 5.75 Å². The number of ether oxygens (including phenoxy) is 1. The molecule has 1 heterocycles. The van der Waals surface area contributed by atoms with Gasteiger partial charge in [-0.3, -0.25) is 9.59 Å². The monoisotopic (exact) mass is 616 g/mol. The van der Waals surface area contributed by atoms with E-state index in [1.165, 1.54) is 22.3 Å². The predicted molar refractivity (Wildman–Crippen MR) is 187 cm³/mol. The van der Waals surface area contributed by atoms with E-state index in [-0.39, 0.29) is 17.1 Å². The second-order valence-electron chi connectivity index (χ2n) is 12.6. The van der Waals surface area contributed by atoms with E-state index in [9.17, 15) is 9.59 Å². The summed E-state index contributed by atoms with van der Waals surface area (Å²) in [6.07, 6.45) is 7.16. The van der Waals surface area contributed by atoms with Gasteiger partial charge in [-0.1, -0.05) is 84.9 Å². The number of rotatable bonds is 15. The number of aryl methyl sites for hydroxylation is 1. The molecule has 5 heteroatoms. The molecule has 0 atom stereocenters. The third-order valence-corrected chi connectivity index (χ3v) is 9.64. The van der Waals surface area contributed by atoms with Crippen LogP contribution in [-0.4, -0.2) is 49.9 Å². The molecule has 0 bridgehead atoms. The smallest absolute Gasteiger partial charge is 0.220 e. The molecule has 46 heavy (non-hydrogen) atoms. The number of Topliss-reactive ketones (excluding diaryl/α,β-unsaturated/α-hetero) is 1. The van der Waals surface area contributed by atoms with Crippen LogP contribution in [0.25, 0.3) is 0 Å². The van der Waals surface area contributed by atoms with Crippen LogP contribution in [0.2, 0.25) is 0 Å². The number of ketones is 1. The van der Waals surface area contributed by atoms with Crippen LogP contribution in [0.15, 0.2) is 103 Å². The summed E-state index contributed by atoms with van der Waals surface area (Å²) in [5, 5.41) is 3.19. The summed E-state index contributed by atoms with van der Waals surface area (Å²) in [4.78, 5) is 27.3. The van der Waals surface area contributed by atoms with Crippen molar-refractivity contribution in [2.75, 3.05) is 33.3 Å². The number of amides is 1. The highest BCUT2D eigenvalue weighted by molar-refractivity contribution is 5.94. The van der Waals surface area contributed by atoms with Gasteiger partial charge >= 0.3 is 0 Å². The molecule has 1 amide bonds. The predicted octanol–water partition coefficient (Wildman–Crippen LogP) is 7.59. The standard InChI is InChI=1S/C41H48N2O3/c1-32(44)35-19-18-34-23-29-43(30-24-36(34)31-35)28-10-26-41(37-11-5-3-6-12-37,38-13-7-4-8-14-38)25-9-27-42-40(45)22-17-33-15-20-39(46-2)21-16-33/h3-8,11-16,18-21,31H,9-10,17,22-30H2,1-2H3,(H,42,45). The Morgan fingerprint density at radius 1 is 0.783 bits per heavy atom. The van der Waals surface area contributed by atoms with Crippen LogP contribution >= 0.6 is 0 Å². The maximum Gasteiger partial charge on any atom is 0.220 e. The third-order valence-electron chi connectivity index (χ3n) is 9.64. The Morgan fingerprint density at radius 3 is 2.04 bits per heavy atom. The number of nitrogens with zero attached hydrogens (tertiary/aromatic N) is 1. The van der Waals surface area contributed by atoms with E-state index in [0.717, 1.165) is 75.0 Å². The summed E-state index contributed by atoms with van der Waals surface area (Å²) in [6, 6.07) is 36.0. The van der Waals surface area contributed by atoms with Crippen molar-refractivity contribution in [3.63, 3.8) is 0 Å². The molecule has 0 spiro atoms. The van der Waals surface area contributed by atoms with Crippen LogP contribution in [0.1, 0.15) is 77.2 Å². The van der Waals surface area contributed by atoms with Crippen molar-refractivity contribution in [3.8, 4) is 5.75 Å². The van der Waals surface area contributed by atoms with Gasteiger partial charge in [0.2, 0.25) is 5.91 Å². The molecule has 0 unspecified atom stereocenters. The van der Waals surface area contributed by atoms with Gasteiger partial charge in [-0.15, -0.1) is 0 Å². The molecular weight excluding hydrogens is 568 g/mol. The minimum atomic E-state index is -0.137. The number of benzene rings is 4. The summed E-state index contributed by atoms with van der Waals surface area (Å²) in [5.41, 5.74) is 7.19. The van der Waals surface area contributed by atoms with Crippen molar-refractivity contribution in [1.82, 2.24) is 10.2 Å². The lowest BCUT2D eigenvalue weighted by molar-refractivity contribution is -0.121. The summed E-state index contributed by atoms with van der Waals surface area (Å²) in [7, 11) is 1.66. The van der Waals surface area contributed by atoms with Gasteiger partial charge in [0.05, 0.1) is 7.11 Å². The zero-order valence-corrected chi connectivity index (χ0v) is 27.5. The molecule has 0 radical (unpaired) electrons. The van der Waals surface area contributed by atoms with Gasteiger partial charge in [-0.2, -0.15) is 0 Å². The summed E-state index contributed by atoms with van der Waals surface area (Å²) < 4.78 is 5.24. The number of nitrogens with one attached hydrogen (secondary N) is 1. The van der Waals surface area contributed by atoms with Gasteiger partial charge in [-0.25, -0.2) is 0 Å². The number of hydrogen-bond acceptors (Lipinski definition) is 4. The summed E-state index contributed by atoms with van der Waals surface area (Å²) in [6.45, 7) is 5.40. The van der Waals surface area contributed by atoms with E-state index in [4.69, 9.17) is 4.74 Å². The summed E-state index contributed by atoms with van der Waals surface area (Å²) >= 11 is 0. The van der Waals surface area contributed by atoms with E-state index in [1.54, 1.807) is 14.0 Å². The molecule has 240 valence electrons. The number of fused-ring (bicyclic) bond motifs is 1. The van der Waals surface area contributed by atoms with E-state index in [2.05, 4.69) is 83.0 Å². The SMILES string of the molecule is COc1ccc(CCC(=O)NCCCC(CCCN2CCc3ccc(C(C)=O)cc3CC2)(c2ccccc2)c2ccccc2)cc1. The van der Waals surface area contributed by atoms with Crippen molar-refractivity contribution in [1.29, 1.82) is 0 Å². The maximum atomic E-state index is 12.8. The highest BCUT2D eigenvalue weighted by atomic mass is 16.5. The molecule has 5 nitrogen and oxygen atoms in total. The van der Waals surface area contributed by atoms with Crippen LogP contribution in [0.5, 0.6) is 5.75 Å². The highest BCUT2D eigenvalue weighted by Gasteiger charge is 2.33. The first-order valence-electron chi connectivity index (χ1n) is 16.8. The lowest BCUT2D eigenvalue weighted by Gasteiger charge is -2.36. The molecule has 4 aromatic carbocycles. The molecule has 5 rings (SSSR count). The second-order valence-corrected chi connectivity index (χ2v) is 12.6. The first-order valence-corrected chi connectivity index (χ1v) is 16.8. The van der Waals surface area contributed by atoms with Gasteiger partial charge in [0, 0.05) is 37.0 Å². The number of methoxy groups -OCH3 is 1. The van der Waals surface area contributed by atoms with Crippen molar-refractivity contribution in [2.24, 2.45) is 0 Å². The Kier molecular flexibility index (Phi) is 11.8. The van der Waals surface area contributed by atoms with E-state index in [0.29, 0.717) is 19.4 Å².